The van der Waals surface area contributed by atoms with E-state index in [0.717, 1.165) is 12.1 Å². The fourth-order valence-corrected chi connectivity index (χ4v) is 2.51. The van der Waals surface area contributed by atoms with Crippen molar-refractivity contribution in [2.24, 2.45) is 5.92 Å². The van der Waals surface area contributed by atoms with Crippen molar-refractivity contribution in [3.05, 3.63) is 54.0 Å². The van der Waals surface area contributed by atoms with E-state index in [1.54, 1.807) is 12.1 Å². The van der Waals surface area contributed by atoms with Crippen molar-refractivity contribution in [1.29, 1.82) is 0 Å². The number of amides is 2. The van der Waals surface area contributed by atoms with Gasteiger partial charge in [0.05, 0.1) is 6.26 Å². The van der Waals surface area contributed by atoms with Gasteiger partial charge >= 0.3 is 0 Å². The highest BCUT2D eigenvalue weighted by Crippen LogP contribution is 2.20. The van der Waals surface area contributed by atoms with Gasteiger partial charge in [-0.3, -0.25) is 9.59 Å². The third kappa shape index (κ3) is 4.95. The first-order valence-electron chi connectivity index (χ1n) is 8.67. The predicted molar refractivity (Wildman–Crippen MR) is 98.6 cm³/mol. The molecule has 25 heavy (non-hydrogen) atoms. The van der Waals surface area contributed by atoms with E-state index >= 15 is 0 Å². The number of benzene rings is 1. The van der Waals surface area contributed by atoms with E-state index in [-0.39, 0.29) is 17.6 Å². The zero-order valence-electron chi connectivity index (χ0n) is 15.2. The lowest BCUT2D eigenvalue weighted by Crippen LogP contribution is -2.47. The van der Waals surface area contributed by atoms with Gasteiger partial charge < -0.3 is 15.1 Å². The highest BCUT2D eigenvalue weighted by atomic mass is 16.3. The molecule has 0 bridgehead atoms. The third-order valence-electron chi connectivity index (χ3n) is 4.34. The Morgan fingerprint density at radius 1 is 1.08 bits per heavy atom. The number of nitrogens with one attached hydrogen (secondary N) is 2. The van der Waals surface area contributed by atoms with Crippen LogP contribution >= 0.6 is 0 Å². The second-order valence-electron chi connectivity index (χ2n) is 6.59. The molecule has 0 aliphatic rings. The Labute approximate surface area is 148 Å². The van der Waals surface area contributed by atoms with Gasteiger partial charge in [-0.05, 0) is 48.1 Å². The summed E-state index contributed by atoms with van der Waals surface area (Å²) in [6.07, 6.45) is 2.50. The molecule has 2 amide bonds. The Hall–Kier alpha value is -2.56. The van der Waals surface area contributed by atoms with Gasteiger partial charge in [0.2, 0.25) is 5.91 Å². The van der Waals surface area contributed by atoms with E-state index in [1.807, 2.05) is 38.1 Å². The molecule has 1 aromatic heterocycles. The number of rotatable bonds is 7. The summed E-state index contributed by atoms with van der Waals surface area (Å²) in [7, 11) is 0. The highest BCUT2D eigenvalue weighted by Gasteiger charge is 2.25. The first-order chi connectivity index (χ1) is 11.9. The maximum atomic E-state index is 12.6. The Bertz CT molecular complexity index is 690. The van der Waals surface area contributed by atoms with Crippen LogP contribution < -0.4 is 10.6 Å². The van der Waals surface area contributed by atoms with E-state index in [0.29, 0.717) is 5.92 Å². The number of carbonyl (C=O) groups is 2. The normalized spacial score (nSPS) is 13.3. The molecule has 0 saturated heterocycles. The largest absolute Gasteiger partial charge is 0.459 e. The molecule has 134 valence electrons. The van der Waals surface area contributed by atoms with Crippen molar-refractivity contribution < 1.29 is 14.0 Å². The zero-order valence-corrected chi connectivity index (χ0v) is 15.2. The molecule has 0 aliphatic heterocycles. The smallest absolute Gasteiger partial charge is 0.287 e. The Kier molecular flexibility index (Phi) is 6.39. The van der Waals surface area contributed by atoms with Crippen LogP contribution in [0.3, 0.4) is 0 Å². The molecule has 0 fully saturated rings. The van der Waals surface area contributed by atoms with Gasteiger partial charge in [-0.1, -0.05) is 39.8 Å². The van der Waals surface area contributed by atoms with E-state index < -0.39 is 11.9 Å². The molecular formula is C20H26N2O3. The van der Waals surface area contributed by atoms with Crippen molar-refractivity contribution >= 4 is 17.5 Å². The molecule has 5 heteroatoms. The molecule has 2 rings (SSSR count). The molecular weight excluding hydrogens is 316 g/mol. The summed E-state index contributed by atoms with van der Waals surface area (Å²) >= 11 is 0. The minimum atomic E-state index is -0.646. The van der Waals surface area contributed by atoms with Crippen molar-refractivity contribution in [1.82, 2.24) is 5.32 Å². The van der Waals surface area contributed by atoms with Crippen LogP contribution in [0.5, 0.6) is 0 Å². The van der Waals surface area contributed by atoms with Crippen LogP contribution in [0.2, 0.25) is 0 Å². The second kappa shape index (κ2) is 8.51. The summed E-state index contributed by atoms with van der Waals surface area (Å²) in [5.41, 5.74) is 1.96. The lowest BCUT2D eigenvalue weighted by Gasteiger charge is -2.21. The molecule has 0 spiro atoms. The molecule has 0 aliphatic carbocycles. The summed E-state index contributed by atoms with van der Waals surface area (Å²) in [5.74, 6) is -0.0208. The molecule has 1 aromatic carbocycles. The second-order valence-corrected chi connectivity index (χ2v) is 6.59. The quantitative estimate of drug-likeness (QED) is 0.792. The SMILES string of the molecule is CC[C@@H](C)c1ccc(NC(=O)[C@H](NC(=O)c2ccco2)C(C)C)cc1. The van der Waals surface area contributed by atoms with Gasteiger partial charge in [-0.2, -0.15) is 0 Å². The minimum absolute atomic E-state index is 0.0571. The third-order valence-corrected chi connectivity index (χ3v) is 4.34. The summed E-state index contributed by atoms with van der Waals surface area (Å²) in [5, 5.41) is 5.61. The summed E-state index contributed by atoms with van der Waals surface area (Å²) < 4.78 is 5.08. The lowest BCUT2D eigenvalue weighted by atomic mass is 9.98. The first kappa shape index (κ1) is 18.8. The van der Waals surface area contributed by atoms with Gasteiger partial charge in [0.25, 0.3) is 5.91 Å². The van der Waals surface area contributed by atoms with E-state index in [1.165, 1.54) is 11.8 Å². The number of hydrogen-bond donors (Lipinski definition) is 2. The minimum Gasteiger partial charge on any atom is -0.459 e. The molecule has 0 saturated carbocycles. The van der Waals surface area contributed by atoms with Gasteiger partial charge in [0.15, 0.2) is 5.76 Å². The summed E-state index contributed by atoms with van der Waals surface area (Å²) in [4.78, 5) is 24.7. The fourth-order valence-electron chi connectivity index (χ4n) is 2.51. The van der Waals surface area contributed by atoms with Crippen LogP contribution in [0.4, 0.5) is 5.69 Å². The molecule has 2 N–H and O–H groups in total. The van der Waals surface area contributed by atoms with Crippen LogP contribution in [0.15, 0.2) is 47.1 Å². The number of hydrogen-bond acceptors (Lipinski definition) is 3. The molecule has 0 unspecified atom stereocenters. The van der Waals surface area contributed by atoms with Crippen LogP contribution in [0, 0.1) is 5.92 Å². The molecule has 5 nitrogen and oxygen atoms in total. The molecule has 2 atom stereocenters. The summed E-state index contributed by atoms with van der Waals surface area (Å²) in [6.45, 7) is 8.10. The average molecular weight is 342 g/mol. The van der Waals surface area contributed by atoms with Crippen LogP contribution in [0.25, 0.3) is 0 Å². The maximum absolute atomic E-state index is 12.6. The predicted octanol–water partition coefficient (Wildman–Crippen LogP) is 4.19. The molecule has 0 radical (unpaired) electrons. The average Bonchev–Trinajstić information content (AvgIpc) is 3.13. The lowest BCUT2D eigenvalue weighted by molar-refractivity contribution is -0.118. The van der Waals surface area contributed by atoms with Crippen LogP contribution in [-0.2, 0) is 4.79 Å². The van der Waals surface area contributed by atoms with Gasteiger partial charge in [-0.25, -0.2) is 0 Å². The highest BCUT2D eigenvalue weighted by molar-refractivity contribution is 6.00. The van der Waals surface area contributed by atoms with Gasteiger partial charge in [-0.15, -0.1) is 0 Å². The standard InChI is InChI=1S/C20H26N2O3/c1-5-14(4)15-8-10-16(11-9-15)21-20(24)18(13(2)3)22-19(23)17-7-6-12-25-17/h6-14,18H,5H2,1-4H3,(H,21,24)(H,22,23)/t14-,18-/m1/s1. The topological polar surface area (TPSA) is 71.3 Å². The monoisotopic (exact) mass is 342 g/mol. The van der Waals surface area contributed by atoms with E-state index in [9.17, 15) is 9.59 Å². The Morgan fingerprint density at radius 2 is 1.76 bits per heavy atom. The van der Waals surface area contributed by atoms with Crippen LogP contribution in [-0.4, -0.2) is 17.9 Å². The molecule has 2 aromatic rings. The van der Waals surface area contributed by atoms with Crippen molar-refractivity contribution in [2.45, 2.75) is 46.1 Å². The first-order valence-corrected chi connectivity index (χ1v) is 8.67. The van der Waals surface area contributed by atoms with Crippen LogP contribution in [0.1, 0.15) is 56.2 Å². The molecule has 1 heterocycles. The number of anilines is 1. The summed E-state index contributed by atoms with van der Waals surface area (Å²) in [6, 6.07) is 10.4. The number of carbonyl (C=O) groups excluding carboxylic acids is 2. The Morgan fingerprint density at radius 3 is 2.28 bits per heavy atom. The zero-order chi connectivity index (χ0) is 18.4. The van der Waals surface area contributed by atoms with Crippen molar-refractivity contribution in [2.75, 3.05) is 5.32 Å². The van der Waals surface area contributed by atoms with Gasteiger partial charge in [0.1, 0.15) is 6.04 Å². The maximum Gasteiger partial charge on any atom is 0.287 e. The van der Waals surface area contributed by atoms with Crippen molar-refractivity contribution in [3.63, 3.8) is 0 Å². The fraction of sp³-hybridized carbons (Fsp3) is 0.400. The van der Waals surface area contributed by atoms with Gasteiger partial charge in [0, 0.05) is 5.69 Å². The van der Waals surface area contributed by atoms with E-state index in [2.05, 4.69) is 24.5 Å². The van der Waals surface area contributed by atoms with E-state index in [4.69, 9.17) is 4.42 Å². The van der Waals surface area contributed by atoms with Crippen molar-refractivity contribution in [3.8, 4) is 0 Å². The number of furan rings is 1. The Balaban J connectivity index is 2.03.